The van der Waals surface area contributed by atoms with Crippen molar-refractivity contribution in [3.05, 3.63) is 52.3 Å². The van der Waals surface area contributed by atoms with Crippen LogP contribution in [0.2, 0.25) is 0 Å². The highest BCUT2D eigenvalue weighted by atomic mass is 32.2. The minimum absolute atomic E-state index is 0.214. The van der Waals surface area contributed by atoms with E-state index >= 15 is 0 Å². The van der Waals surface area contributed by atoms with Crippen LogP contribution in [-0.2, 0) is 14.8 Å². The number of hydrogen-bond donors (Lipinski definition) is 1. The average Bonchev–Trinajstić information content (AvgIpc) is 3.02. The van der Waals surface area contributed by atoms with E-state index in [-0.39, 0.29) is 43.6 Å². The molecule has 2 aromatic rings. The van der Waals surface area contributed by atoms with Gasteiger partial charge in [0.2, 0.25) is 10.0 Å². The van der Waals surface area contributed by atoms with Gasteiger partial charge in [0.25, 0.3) is 5.91 Å². The van der Waals surface area contributed by atoms with Gasteiger partial charge in [-0.05, 0) is 45.4 Å². The number of ether oxygens (including phenoxy) is 1. The summed E-state index contributed by atoms with van der Waals surface area (Å²) in [5.41, 5.74) is 2.83. The number of aryl methyl sites for hydroxylation is 2. The Balaban J connectivity index is 1.72. The van der Waals surface area contributed by atoms with Gasteiger partial charge >= 0.3 is 5.97 Å². The summed E-state index contributed by atoms with van der Waals surface area (Å²) < 4.78 is 32.2. The highest BCUT2D eigenvalue weighted by Gasteiger charge is 2.32. The maximum atomic E-state index is 13.0. The van der Waals surface area contributed by atoms with Crippen LogP contribution in [0.15, 0.2) is 29.2 Å². The van der Waals surface area contributed by atoms with E-state index in [2.05, 4.69) is 4.98 Å². The van der Waals surface area contributed by atoms with Gasteiger partial charge in [-0.1, -0.05) is 17.7 Å². The minimum atomic E-state index is -3.59. The molecule has 1 saturated heterocycles. The third-order valence-electron chi connectivity index (χ3n) is 5.32. The molecule has 0 bridgehead atoms. The van der Waals surface area contributed by atoms with Gasteiger partial charge in [0, 0.05) is 31.9 Å². The number of piperazine rings is 1. The van der Waals surface area contributed by atoms with E-state index in [1.54, 1.807) is 49.9 Å². The molecule has 1 N–H and O–H groups in total. The average molecular weight is 434 g/mol. The fourth-order valence-corrected chi connectivity index (χ4v) is 5.04. The maximum absolute atomic E-state index is 13.0. The van der Waals surface area contributed by atoms with Crippen molar-refractivity contribution < 1.29 is 22.7 Å². The van der Waals surface area contributed by atoms with Crippen molar-refractivity contribution >= 4 is 21.9 Å². The van der Waals surface area contributed by atoms with Crippen molar-refractivity contribution in [3.63, 3.8) is 0 Å². The highest BCUT2D eigenvalue weighted by Crippen LogP contribution is 2.23. The molecule has 162 valence electrons. The van der Waals surface area contributed by atoms with E-state index in [9.17, 15) is 18.0 Å². The van der Waals surface area contributed by atoms with Crippen LogP contribution < -0.4 is 0 Å². The van der Waals surface area contributed by atoms with Gasteiger partial charge in [-0.3, -0.25) is 4.79 Å². The lowest BCUT2D eigenvalue weighted by molar-refractivity contribution is 0.0525. The Bertz CT molecular complexity index is 1050. The number of aromatic amines is 1. The van der Waals surface area contributed by atoms with Crippen molar-refractivity contribution in [2.45, 2.75) is 32.6 Å². The Kier molecular flexibility index (Phi) is 6.33. The van der Waals surface area contributed by atoms with Crippen LogP contribution >= 0.6 is 0 Å². The molecule has 9 heteroatoms. The molecule has 1 aromatic carbocycles. The summed E-state index contributed by atoms with van der Waals surface area (Å²) in [6.45, 7) is 8.29. The lowest BCUT2D eigenvalue weighted by Crippen LogP contribution is -2.50. The lowest BCUT2D eigenvalue weighted by atomic mass is 10.1. The summed E-state index contributed by atoms with van der Waals surface area (Å²) in [6.07, 6.45) is 0. The van der Waals surface area contributed by atoms with Crippen LogP contribution in [-0.4, -0.2) is 67.3 Å². The molecule has 0 aliphatic carbocycles. The fraction of sp³-hybridized carbons (Fsp3) is 0.429. The number of H-pyrrole nitrogens is 1. The number of carbonyl (C=O) groups excluding carboxylic acids is 2. The fourth-order valence-electron chi connectivity index (χ4n) is 3.62. The van der Waals surface area contributed by atoms with Crippen molar-refractivity contribution in [2.75, 3.05) is 32.8 Å². The number of nitrogens with zero attached hydrogens (tertiary/aromatic N) is 2. The van der Waals surface area contributed by atoms with Gasteiger partial charge in [-0.2, -0.15) is 4.31 Å². The molecule has 0 atom stereocenters. The summed E-state index contributed by atoms with van der Waals surface area (Å²) in [5.74, 6) is -0.713. The minimum Gasteiger partial charge on any atom is -0.462 e. The van der Waals surface area contributed by atoms with Gasteiger partial charge in [-0.25, -0.2) is 13.2 Å². The molecule has 2 heterocycles. The van der Waals surface area contributed by atoms with Gasteiger partial charge in [0.15, 0.2) is 0 Å². The normalized spacial score (nSPS) is 15.3. The predicted molar refractivity (Wildman–Crippen MR) is 112 cm³/mol. The van der Waals surface area contributed by atoms with Crippen molar-refractivity contribution in [1.82, 2.24) is 14.2 Å². The number of nitrogens with one attached hydrogen (secondary N) is 1. The second-order valence-corrected chi connectivity index (χ2v) is 9.29. The van der Waals surface area contributed by atoms with E-state index in [1.807, 2.05) is 6.92 Å². The number of benzene rings is 1. The topological polar surface area (TPSA) is 99.8 Å². The second kappa shape index (κ2) is 8.61. The Morgan fingerprint density at radius 2 is 1.63 bits per heavy atom. The molecule has 1 aliphatic rings. The van der Waals surface area contributed by atoms with Gasteiger partial charge in [0.05, 0.1) is 17.1 Å². The first-order chi connectivity index (χ1) is 14.2. The molecule has 1 aromatic heterocycles. The first-order valence-corrected chi connectivity index (χ1v) is 11.3. The van der Waals surface area contributed by atoms with E-state index in [4.69, 9.17) is 4.74 Å². The molecule has 1 aliphatic heterocycles. The van der Waals surface area contributed by atoms with Gasteiger partial charge in [-0.15, -0.1) is 0 Å². The van der Waals surface area contributed by atoms with Crippen LogP contribution in [0.5, 0.6) is 0 Å². The third kappa shape index (κ3) is 4.13. The number of carbonyl (C=O) groups is 2. The second-order valence-electron chi connectivity index (χ2n) is 7.35. The quantitative estimate of drug-likeness (QED) is 0.729. The first kappa shape index (κ1) is 22.0. The number of amides is 1. The van der Waals surface area contributed by atoms with Crippen LogP contribution in [0.1, 0.15) is 44.6 Å². The number of aromatic nitrogens is 1. The van der Waals surface area contributed by atoms with Crippen LogP contribution in [0.3, 0.4) is 0 Å². The summed E-state index contributed by atoms with van der Waals surface area (Å²) in [4.78, 5) is 30.0. The summed E-state index contributed by atoms with van der Waals surface area (Å²) in [7, 11) is -3.59. The molecule has 1 fully saturated rings. The summed E-state index contributed by atoms with van der Waals surface area (Å²) in [6, 6.07) is 6.74. The molecular formula is C21H27N3O5S. The molecule has 8 nitrogen and oxygen atoms in total. The molecule has 0 spiro atoms. The van der Waals surface area contributed by atoms with Crippen molar-refractivity contribution in [2.24, 2.45) is 0 Å². The first-order valence-electron chi connectivity index (χ1n) is 9.89. The largest absolute Gasteiger partial charge is 0.462 e. The number of sulfonamides is 1. The van der Waals surface area contributed by atoms with Crippen LogP contribution in [0, 0.1) is 20.8 Å². The van der Waals surface area contributed by atoms with Crippen molar-refractivity contribution in [3.8, 4) is 0 Å². The zero-order chi connectivity index (χ0) is 22.1. The molecule has 30 heavy (non-hydrogen) atoms. The number of rotatable bonds is 5. The van der Waals surface area contributed by atoms with E-state index in [1.165, 1.54) is 4.31 Å². The highest BCUT2D eigenvalue weighted by molar-refractivity contribution is 7.89. The third-order valence-corrected chi connectivity index (χ3v) is 7.23. The zero-order valence-electron chi connectivity index (χ0n) is 17.7. The molecule has 0 saturated carbocycles. The summed E-state index contributed by atoms with van der Waals surface area (Å²) >= 11 is 0. The van der Waals surface area contributed by atoms with Crippen molar-refractivity contribution in [1.29, 1.82) is 0 Å². The van der Waals surface area contributed by atoms with Crippen LogP contribution in [0.25, 0.3) is 0 Å². The monoisotopic (exact) mass is 433 g/mol. The molecule has 3 rings (SSSR count). The predicted octanol–water partition coefficient (Wildman–Crippen LogP) is 2.26. The van der Waals surface area contributed by atoms with Gasteiger partial charge < -0.3 is 14.6 Å². The molecule has 0 radical (unpaired) electrons. The van der Waals surface area contributed by atoms with E-state index < -0.39 is 16.0 Å². The smallest absolute Gasteiger partial charge is 0.340 e. The molecule has 0 unspecified atom stereocenters. The maximum Gasteiger partial charge on any atom is 0.340 e. The Morgan fingerprint density at radius 3 is 2.20 bits per heavy atom. The number of esters is 1. The molecule has 1 amide bonds. The Labute approximate surface area is 176 Å². The standard InChI is InChI=1S/C21H27N3O5S/c1-5-29-21(26)18-15(3)19(22-16(18)4)20(25)23-10-12-24(13-11-23)30(27,28)17-8-6-14(2)7-9-17/h6-9,22H,5,10-13H2,1-4H3. The Morgan fingerprint density at radius 1 is 1.03 bits per heavy atom. The lowest BCUT2D eigenvalue weighted by Gasteiger charge is -2.34. The van der Waals surface area contributed by atoms with E-state index in [0.717, 1.165) is 5.56 Å². The zero-order valence-corrected chi connectivity index (χ0v) is 18.5. The number of hydrogen-bond acceptors (Lipinski definition) is 5. The summed E-state index contributed by atoms with van der Waals surface area (Å²) in [5, 5.41) is 0. The van der Waals surface area contributed by atoms with E-state index in [0.29, 0.717) is 22.5 Å². The van der Waals surface area contributed by atoms with Gasteiger partial charge in [0.1, 0.15) is 5.69 Å². The van der Waals surface area contributed by atoms with Crippen LogP contribution in [0.4, 0.5) is 0 Å². The SMILES string of the molecule is CCOC(=O)c1c(C)[nH]c(C(=O)N2CCN(S(=O)(=O)c3ccc(C)cc3)CC2)c1C. The molecular weight excluding hydrogens is 406 g/mol. The Hall–Kier alpha value is -2.65.